The molecule has 0 radical (unpaired) electrons. The topological polar surface area (TPSA) is 118 Å². The molecule has 4 N–H and O–H groups in total. The fourth-order valence-corrected chi connectivity index (χ4v) is 0.760. The van der Waals surface area contributed by atoms with Crippen LogP contribution < -0.4 is 0 Å². The molecule has 0 aliphatic heterocycles. The molecule has 0 spiro atoms. The summed E-state index contributed by atoms with van der Waals surface area (Å²) >= 11 is 0. The fourth-order valence-electron chi connectivity index (χ4n) is 0.760. The number of aliphatic hydroxyl groups is 3. The van der Waals surface area contributed by atoms with Crippen LogP contribution in [0.2, 0.25) is 0 Å². The van der Waals surface area contributed by atoms with Gasteiger partial charge in [-0.15, -0.1) is 0 Å². The molecule has 94 valence electrons. The summed E-state index contributed by atoms with van der Waals surface area (Å²) in [4.78, 5) is 1.79. The van der Waals surface area contributed by atoms with E-state index in [-0.39, 0.29) is 19.8 Å². The van der Waals surface area contributed by atoms with E-state index in [0.717, 1.165) is 0 Å². The van der Waals surface area contributed by atoms with Crippen LogP contribution in [0.25, 0.3) is 0 Å². The molecule has 0 bridgehead atoms. The summed E-state index contributed by atoms with van der Waals surface area (Å²) in [6, 6.07) is 0. The van der Waals surface area contributed by atoms with Crippen molar-refractivity contribution < 1.29 is 28.3 Å². The average molecular weight is 245 g/mol. The van der Waals surface area contributed by atoms with E-state index < -0.39 is 10.1 Å². The summed E-state index contributed by atoms with van der Waals surface area (Å²) in [5, 5.41) is 25.5. The van der Waals surface area contributed by atoms with Gasteiger partial charge in [0.05, 0.1) is 26.1 Å². The first-order valence-electron chi connectivity index (χ1n) is 4.32. The van der Waals surface area contributed by atoms with Crippen molar-refractivity contribution >= 4 is 10.1 Å². The van der Waals surface area contributed by atoms with Gasteiger partial charge in [0.15, 0.2) is 0 Å². The van der Waals surface area contributed by atoms with E-state index in [0.29, 0.717) is 25.9 Å². The van der Waals surface area contributed by atoms with Crippen molar-refractivity contribution in [3.63, 3.8) is 0 Å². The molecule has 0 aromatic heterocycles. The second-order valence-corrected chi connectivity index (χ2v) is 4.21. The van der Waals surface area contributed by atoms with Crippen molar-refractivity contribution in [1.82, 2.24) is 4.90 Å². The average Bonchev–Trinajstić information content (AvgIpc) is 2.02. The van der Waals surface area contributed by atoms with Gasteiger partial charge < -0.3 is 15.3 Å². The summed E-state index contributed by atoms with van der Waals surface area (Å²) in [6.45, 7) is 1.75. The van der Waals surface area contributed by atoms with Crippen molar-refractivity contribution in [3.8, 4) is 0 Å². The largest absolute Gasteiger partial charge is 0.395 e. The first kappa shape index (κ1) is 17.2. The zero-order valence-corrected chi connectivity index (χ0v) is 9.52. The molecule has 0 atom stereocenters. The third-order valence-electron chi connectivity index (χ3n) is 1.25. The Morgan fingerprint density at radius 2 is 1.13 bits per heavy atom. The highest BCUT2D eigenvalue weighted by atomic mass is 32.2. The number of aliphatic hydroxyl groups excluding tert-OH is 3. The van der Waals surface area contributed by atoms with E-state index in [2.05, 4.69) is 0 Å². The Morgan fingerprint density at radius 3 is 1.27 bits per heavy atom. The molecular weight excluding hydrogens is 226 g/mol. The van der Waals surface area contributed by atoms with Crippen LogP contribution in [0.1, 0.15) is 0 Å². The van der Waals surface area contributed by atoms with Gasteiger partial charge in [-0.3, -0.25) is 9.45 Å². The number of nitrogens with zero attached hydrogens (tertiary/aromatic N) is 1. The summed E-state index contributed by atoms with van der Waals surface area (Å²) in [7, 11) is -3.67. The Balaban J connectivity index is 0. The molecule has 8 heteroatoms. The summed E-state index contributed by atoms with van der Waals surface area (Å²) in [6.07, 6.45) is 0.715. The second kappa shape index (κ2) is 10.3. The molecule has 0 amide bonds. The minimum absolute atomic E-state index is 0.0694. The minimum atomic E-state index is -3.67. The van der Waals surface area contributed by atoms with Gasteiger partial charge >= 0.3 is 0 Å². The Labute approximate surface area is 89.7 Å². The molecule has 0 unspecified atom stereocenters. The third kappa shape index (κ3) is 24.8. The first-order chi connectivity index (χ1) is 6.85. The maximum atomic E-state index is 9.19. The molecular formula is C7H19NO6S. The summed E-state index contributed by atoms with van der Waals surface area (Å²) in [5.41, 5.74) is 0. The third-order valence-corrected chi connectivity index (χ3v) is 1.25. The molecule has 0 aliphatic rings. The van der Waals surface area contributed by atoms with E-state index in [1.165, 1.54) is 0 Å². The van der Waals surface area contributed by atoms with Crippen molar-refractivity contribution in [3.05, 3.63) is 0 Å². The van der Waals surface area contributed by atoms with Crippen LogP contribution in [-0.4, -0.2) is 78.9 Å². The normalized spacial score (nSPS) is 11.1. The SMILES string of the molecule is CS(=O)(=O)O.OCCN(CCO)CCO. The highest BCUT2D eigenvalue weighted by molar-refractivity contribution is 7.85. The molecule has 0 rings (SSSR count). The van der Waals surface area contributed by atoms with Crippen LogP contribution in [0.15, 0.2) is 0 Å². The van der Waals surface area contributed by atoms with E-state index in [1.54, 1.807) is 4.90 Å². The lowest BCUT2D eigenvalue weighted by molar-refractivity contribution is 0.136. The number of hydrogen-bond donors (Lipinski definition) is 4. The molecule has 7 nitrogen and oxygen atoms in total. The van der Waals surface area contributed by atoms with Gasteiger partial charge in [0.2, 0.25) is 0 Å². The first-order valence-corrected chi connectivity index (χ1v) is 6.17. The zero-order chi connectivity index (χ0) is 12.3. The van der Waals surface area contributed by atoms with Gasteiger partial charge in [0, 0.05) is 19.6 Å². The fraction of sp³-hybridized carbons (Fsp3) is 1.00. The lowest BCUT2D eigenvalue weighted by Gasteiger charge is -2.17. The lowest BCUT2D eigenvalue weighted by atomic mass is 10.4. The quantitative estimate of drug-likeness (QED) is 0.391. The smallest absolute Gasteiger partial charge is 0.261 e. The molecule has 0 aromatic rings. The number of rotatable bonds is 6. The van der Waals surface area contributed by atoms with Gasteiger partial charge in [-0.25, -0.2) is 0 Å². The predicted molar refractivity (Wildman–Crippen MR) is 55.2 cm³/mol. The highest BCUT2D eigenvalue weighted by Gasteiger charge is 2.00. The molecule has 0 saturated carbocycles. The Morgan fingerprint density at radius 1 is 0.933 bits per heavy atom. The van der Waals surface area contributed by atoms with Gasteiger partial charge in [0.1, 0.15) is 0 Å². The molecule has 0 fully saturated rings. The van der Waals surface area contributed by atoms with Gasteiger partial charge in [-0.2, -0.15) is 8.42 Å². The van der Waals surface area contributed by atoms with Crippen LogP contribution in [0.4, 0.5) is 0 Å². The van der Waals surface area contributed by atoms with Crippen LogP contribution in [0.3, 0.4) is 0 Å². The van der Waals surface area contributed by atoms with Crippen molar-refractivity contribution in [2.75, 3.05) is 45.7 Å². The van der Waals surface area contributed by atoms with Crippen molar-refractivity contribution in [2.24, 2.45) is 0 Å². The van der Waals surface area contributed by atoms with Crippen LogP contribution in [-0.2, 0) is 10.1 Å². The van der Waals surface area contributed by atoms with Crippen molar-refractivity contribution in [2.45, 2.75) is 0 Å². The Kier molecular flexibility index (Phi) is 11.7. The van der Waals surface area contributed by atoms with Crippen molar-refractivity contribution in [1.29, 1.82) is 0 Å². The van der Waals surface area contributed by atoms with E-state index in [1.807, 2.05) is 0 Å². The lowest BCUT2D eigenvalue weighted by Crippen LogP contribution is -2.32. The molecule has 15 heavy (non-hydrogen) atoms. The predicted octanol–water partition coefficient (Wildman–Crippen LogP) is -2.23. The van der Waals surface area contributed by atoms with E-state index in [4.69, 9.17) is 19.9 Å². The van der Waals surface area contributed by atoms with E-state index >= 15 is 0 Å². The standard InChI is InChI=1S/C6H15NO3.CH4O3S/c8-4-1-7(2-5-9)3-6-10;1-5(2,3)4/h8-10H,1-6H2;1H3,(H,2,3,4). The Bertz CT molecular complexity index is 195. The minimum Gasteiger partial charge on any atom is -0.395 e. The van der Waals surface area contributed by atoms with Crippen LogP contribution >= 0.6 is 0 Å². The maximum absolute atomic E-state index is 9.19. The summed E-state index contributed by atoms with van der Waals surface area (Å²) < 4.78 is 25.9. The molecule has 0 saturated heterocycles. The second-order valence-electron chi connectivity index (χ2n) is 2.75. The van der Waals surface area contributed by atoms with Gasteiger partial charge in [-0.1, -0.05) is 0 Å². The molecule has 0 aromatic carbocycles. The van der Waals surface area contributed by atoms with Crippen LogP contribution in [0.5, 0.6) is 0 Å². The monoisotopic (exact) mass is 245 g/mol. The number of hydrogen-bond acceptors (Lipinski definition) is 6. The van der Waals surface area contributed by atoms with Crippen LogP contribution in [0, 0.1) is 0 Å². The molecule has 0 aliphatic carbocycles. The van der Waals surface area contributed by atoms with E-state index in [9.17, 15) is 8.42 Å². The zero-order valence-electron chi connectivity index (χ0n) is 8.70. The van der Waals surface area contributed by atoms with Gasteiger partial charge in [-0.05, 0) is 0 Å². The highest BCUT2D eigenvalue weighted by Crippen LogP contribution is 1.84. The summed E-state index contributed by atoms with van der Waals surface area (Å²) in [5.74, 6) is 0. The Hall–Kier alpha value is -0.250. The maximum Gasteiger partial charge on any atom is 0.261 e. The van der Waals surface area contributed by atoms with Gasteiger partial charge in [0.25, 0.3) is 10.1 Å². The molecule has 0 heterocycles.